The largest absolute Gasteiger partial charge is 0.458 e. The number of ether oxygens (including phenoxy) is 1. The summed E-state index contributed by atoms with van der Waals surface area (Å²) in [5, 5.41) is 10.6. The molecular weight excluding hydrogens is 182 g/mol. The molecule has 0 radical (unpaired) electrons. The number of rotatable bonds is 3. The van der Waals surface area contributed by atoms with Gasteiger partial charge in [-0.2, -0.15) is 0 Å². The van der Waals surface area contributed by atoms with Gasteiger partial charge in [0.2, 0.25) is 5.75 Å². The molecule has 0 fully saturated rings. The van der Waals surface area contributed by atoms with Crippen LogP contribution in [0.4, 0.5) is 5.69 Å². The Kier molecular flexibility index (Phi) is 3.23. The maximum atomic E-state index is 10.6. The SMILES string of the molecule is CC(C)=COc1ccccc1[N+](=O)[O-]. The molecule has 74 valence electrons. The monoisotopic (exact) mass is 193 g/mol. The summed E-state index contributed by atoms with van der Waals surface area (Å²) in [6.45, 7) is 3.71. The molecule has 0 bridgehead atoms. The second kappa shape index (κ2) is 4.41. The average Bonchev–Trinajstić information content (AvgIpc) is 2.15. The predicted molar refractivity (Wildman–Crippen MR) is 53.2 cm³/mol. The Bertz CT molecular complexity index is 367. The maximum Gasteiger partial charge on any atom is 0.311 e. The van der Waals surface area contributed by atoms with Crippen molar-refractivity contribution in [3.8, 4) is 5.75 Å². The molecule has 0 atom stereocenters. The van der Waals surface area contributed by atoms with E-state index in [2.05, 4.69) is 0 Å². The van der Waals surface area contributed by atoms with E-state index < -0.39 is 4.92 Å². The van der Waals surface area contributed by atoms with Crippen LogP contribution >= 0.6 is 0 Å². The summed E-state index contributed by atoms with van der Waals surface area (Å²) in [6.07, 6.45) is 1.49. The van der Waals surface area contributed by atoms with Gasteiger partial charge in [0.25, 0.3) is 0 Å². The fourth-order valence-electron chi connectivity index (χ4n) is 0.889. The number of nitro groups is 1. The van der Waals surface area contributed by atoms with Gasteiger partial charge in [0.15, 0.2) is 0 Å². The highest BCUT2D eigenvalue weighted by Crippen LogP contribution is 2.26. The Morgan fingerprint density at radius 3 is 2.64 bits per heavy atom. The van der Waals surface area contributed by atoms with Crippen molar-refractivity contribution in [3.63, 3.8) is 0 Å². The molecule has 0 heterocycles. The van der Waals surface area contributed by atoms with Crippen LogP contribution in [0.5, 0.6) is 5.75 Å². The van der Waals surface area contributed by atoms with E-state index in [-0.39, 0.29) is 11.4 Å². The van der Waals surface area contributed by atoms with Crippen molar-refractivity contribution in [3.05, 3.63) is 46.2 Å². The van der Waals surface area contributed by atoms with Crippen LogP contribution in [0, 0.1) is 10.1 Å². The van der Waals surface area contributed by atoms with Gasteiger partial charge in [-0.1, -0.05) is 12.1 Å². The average molecular weight is 193 g/mol. The van der Waals surface area contributed by atoms with Crippen LogP contribution < -0.4 is 4.74 Å². The molecule has 4 nitrogen and oxygen atoms in total. The lowest BCUT2D eigenvalue weighted by molar-refractivity contribution is -0.385. The lowest BCUT2D eigenvalue weighted by atomic mass is 10.3. The zero-order valence-corrected chi connectivity index (χ0v) is 8.06. The lowest BCUT2D eigenvalue weighted by Gasteiger charge is -2.01. The molecule has 0 N–H and O–H groups in total. The standard InChI is InChI=1S/C10H11NO3/c1-8(2)7-14-10-6-4-3-5-9(10)11(12)13/h3-7H,1-2H3. The van der Waals surface area contributed by atoms with Crippen LogP contribution in [-0.2, 0) is 0 Å². The molecule has 0 amide bonds. The number of hydrogen-bond acceptors (Lipinski definition) is 3. The molecule has 0 aliphatic carbocycles. The fraction of sp³-hybridized carbons (Fsp3) is 0.200. The summed E-state index contributed by atoms with van der Waals surface area (Å²) in [7, 11) is 0. The van der Waals surface area contributed by atoms with E-state index in [1.54, 1.807) is 18.2 Å². The van der Waals surface area contributed by atoms with Gasteiger partial charge in [-0.3, -0.25) is 10.1 Å². The third kappa shape index (κ3) is 2.58. The van der Waals surface area contributed by atoms with Crippen LogP contribution in [0.1, 0.15) is 13.8 Å². The van der Waals surface area contributed by atoms with Crippen LogP contribution in [0.3, 0.4) is 0 Å². The minimum Gasteiger partial charge on any atom is -0.458 e. The molecule has 14 heavy (non-hydrogen) atoms. The molecule has 0 unspecified atom stereocenters. The molecule has 1 aromatic carbocycles. The predicted octanol–water partition coefficient (Wildman–Crippen LogP) is 2.90. The third-order valence-corrected chi connectivity index (χ3v) is 1.48. The first-order valence-electron chi connectivity index (χ1n) is 4.14. The van der Waals surface area contributed by atoms with Crippen molar-refractivity contribution in [1.29, 1.82) is 0 Å². The van der Waals surface area contributed by atoms with Crippen molar-refractivity contribution in [2.24, 2.45) is 0 Å². The second-order valence-electron chi connectivity index (χ2n) is 3.04. The van der Waals surface area contributed by atoms with Gasteiger partial charge < -0.3 is 4.74 Å². The van der Waals surface area contributed by atoms with E-state index in [1.165, 1.54) is 12.3 Å². The minimum absolute atomic E-state index is 0.0231. The zero-order chi connectivity index (χ0) is 10.6. The summed E-state index contributed by atoms with van der Waals surface area (Å²) in [6, 6.07) is 6.28. The summed E-state index contributed by atoms with van der Waals surface area (Å²) < 4.78 is 5.16. The molecule has 1 aromatic rings. The fourth-order valence-corrected chi connectivity index (χ4v) is 0.889. The van der Waals surface area contributed by atoms with Crippen molar-refractivity contribution >= 4 is 5.69 Å². The van der Waals surface area contributed by atoms with E-state index in [4.69, 9.17) is 4.74 Å². The molecule has 0 aliphatic heterocycles. The normalized spacial score (nSPS) is 9.29. The van der Waals surface area contributed by atoms with E-state index in [0.717, 1.165) is 5.57 Å². The highest BCUT2D eigenvalue weighted by atomic mass is 16.6. The Morgan fingerprint density at radius 1 is 1.43 bits per heavy atom. The number of nitro benzene ring substituents is 1. The first kappa shape index (κ1) is 10.2. The number of benzene rings is 1. The number of allylic oxidation sites excluding steroid dienone is 1. The molecule has 1 rings (SSSR count). The minimum atomic E-state index is -0.464. The Labute approximate surface area is 82.0 Å². The van der Waals surface area contributed by atoms with Gasteiger partial charge in [0.05, 0.1) is 11.2 Å². The Balaban J connectivity index is 2.96. The van der Waals surface area contributed by atoms with Crippen LogP contribution in [0.25, 0.3) is 0 Å². The quantitative estimate of drug-likeness (QED) is 0.421. The molecule has 4 heteroatoms. The summed E-state index contributed by atoms with van der Waals surface area (Å²) >= 11 is 0. The van der Waals surface area contributed by atoms with E-state index in [9.17, 15) is 10.1 Å². The van der Waals surface area contributed by atoms with Crippen LogP contribution in [-0.4, -0.2) is 4.92 Å². The molecule has 0 saturated heterocycles. The van der Waals surface area contributed by atoms with Crippen LogP contribution in [0.2, 0.25) is 0 Å². The third-order valence-electron chi connectivity index (χ3n) is 1.48. The van der Waals surface area contributed by atoms with Crippen molar-refractivity contribution < 1.29 is 9.66 Å². The Hall–Kier alpha value is -1.84. The van der Waals surface area contributed by atoms with Gasteiger partial charge in [-0.15, -0.1) is 0 Å². The van der Waals surface area contributed by atoms with Crippen molar-refractivity contribution in [1.82, 2.24) is 0 Å². The molecular formula is C10H11NO3. The highest BCUT2D eigenvalue weighted by Gasteiger charge is 2.12. The zero-order valence-electron chi connectivity index (χ0n) is 8.06. The number of hydrogen-bond donors (Lipinski definition) is 0. The number of para-hydroxylation sites is 2. The molecule has 0 spiro atoms. The molecule has 0 aliphatic rings. The summed E-state index contributed by atoms with van der Waals surface area (Å²) in [4.78, 5) is 10.1. The van der Waals surface area contributed by atoms with Gasteiger partial charge in [-0.05, 0) is 25.5 Å². The Morgan fingerprint density at radius 2 is 2.07 bits per heavy atom. The summed E-state index contributed by atoms with van der Waals surface area (Å²) in [5.41, 5.74) is 0.924. The van der Waals surface area contributed by atoms with E-state index >= 15 is 0 Å². The molecule has 0 aromatic heterocycles. The first-order chi connectivity index (χ1) is 6.61. The van der Waals surface area contributed by atoms with Crippen molar-refractivity contribution in [2.75, 3.05) is 0 Å². The molecule has 0 saturated carbocycles. The summed E-state index contributed by atoms with van der Waals surface area (Å²) in [5.74, 6) is 0.263. The smallest absolute Gasteiger partial charge is 0.311 e. The van der Waals surface area contributed by atoms with Crippen molar-refractivity contribution in [2.45, 2.75) is 13.8 Å². The topological polar surface area (TPSA) is 52.4 Å². The van der Waals surface area contributed by atoms with Gasteiger partial charge >= 0.3 is 5.69 Å². The van der Waals surface area contributed by atoms with Gasteiger partial charge in [-0.25, -0.2) is 0 Å². The van der Waals surface area contributed by atoms with E-state index in [1.807, 2.05) is 13.8 Å². The second-order valence-corrected chi connectivity index (χ2v) is 3.04. The maximum absolute atomic E-state index is 10.6. The van der Waals surface area contributed by atoms with Gasteiger partial charge in [0, 0.05) is 6.07 Å². The number of nitrogens with zero attached hydrogens (tertiary/aromatic N) is 1. The van der Waals surface area contributed by atoms with Gasteiger partial charge in [0.1, 0.15) is 0 Å². The lowest BCUT2D eigenvalue weighted by Crippen LogP contribution is -1.92. The van der Waals surface area contributed by atoms with E-state index in [0.29, 0.717) is 0 Å². The van der Waals surface area contributed by atoms with Crippen LogP contribution in [0.15, 0.2) is 36.1 Å². The highest BCUT2D eigenvalue weighted by molar-refractivity contribution is 5.46. The first-order valence-corrected chi connectivity index (χ1v) is 4.14.